The molecule has 1 aromatic heterocycles. The second kappa shape index (κ2) is 6.26. The number of nitrogens with two attached hydrogens (primary N) is 1. The van der Waals surface area contributed by atoms with Crippen molar-refractivity contribution in [3.63, 3.8) is 0 Å². The minimum Gasteiger partial charge on any atom is -0.465 e. The maximum atomic E-state index is 11.8. The Morgan fingerprint density at radius 3 is 2.62 bits per heavy atom. The van der Waals surface area contributed by atoms with Crippen LogP contribution in [-0.2, 0) is 4.74 Å². The lowest BCUT2D eigenvalue weighted by molar-refractivity contribution is 0.0602. The molecule has 1 atom stereocenters. The highest BCUT2D eigenvalue weighted by molar-refractivity contribution is 5.97. The molecule has 1 heterocycles. The molecule has 3 N–H and O–H groups in total. The normalized spacial score (nSPS) is 11.8. The summed E-state index contributed by atoms with van der Waals surface area (Å²) in [5, 5.41) is 3.35. The minimum atomic E-state index is -0.434. The quantitative estimate of drug-likeness (QED) is 0.667. The van der Waals surface area contributed by atoms with Gasteiger partial charge in [0.25, 0.3) is 0 Å². The van der Waals surface area contributed by atoms with E-state index in [0.717, 1.165) is 16.8 Å². The van der Waals surface area contributed by atoms with Gasteiger partial charge in [-0.1, -0.05) is 0 Å². The largest absolute Gasteiger partial charge is 0.465 e. The van der Waals surface area contributed by atoms with Gasteiger partial charge in [-0.05, 0) is 49.2 Å². The molecule has 0 saturated carbocycles. The number of aromatic nitrogens is 1. The number of esters is 1. The van der Waals surface area contributed by atoms with E-state index in [9.17, 15) is 4.79 Å². The number of hydrogen-bond acceptors (Lipinski definition) is 5. The van der Waals surface area contributed by atoms with Gasteiger partial charge in [0.1, 0.15) is 0 Å². The Kier molecular flexibility index (Phi) is 4.42. The number of nitrogen functional groups attached to an aromatic ring is 1. The third-order valence-corrected chi connectivity index (χ3v) is 3.38. The molecule has 0 aliphatic rings. The van der Waals surface area contributed by atoms with Gasteiger partial charge in [0.05, 0.1) is 12.7 Å². The molecule has 110 valence electrons. The van der Waals surface area contributed by atoms with Gasteiger partial charge in [0.2, 0.25) is 0 Å². The fourth-order valence-corrected chi connectivity index (χ4v) is 2.15. The fourth-order valence-electron chi connectivity index (χ4n) is 2.15. The van der Waals surface area contributed by atoms with Gasteiger partial charge in [-0.3, -0.25) is 4.98 Å². The van der Waals surface area contributed by atoms with Crippen LogP contribution < -0.4 is 11.1 Å². The summed E-state index contributed by atoms with van der Waals surface area (Å²) >= 11 is 0. The van der Waals surface area contributed by atoms with Crippen LogP contribution >= 0.6 is 0 Å². The molecule has 5 heteroatoms. The molecule has 5 nitrogen and oxygen atoms in total. The molecule has 0 bridgehead atoms. The number of pyridine rings is 1. The summed E-state index contributed by atoms with van der Waals surface area (Å²) < 4.78 is 4.76. The Labute approximate surface area is 124 Å². The van der Waals surface area contributed by atoms with E-state index >= 15 is 0 Å². The zero-order valence-corrected chi connectivity index (χ0v) is 12.4. The number of nitrogens with zero attached hydrogens (tertiary/aromatic N) is 1. The topological polar surface area (TPSA) is 77.2 Å². The van der Waals surface area contributed by atoms with E-state index in [4.69, 9.17) is 10.5 Å². The molecule has 21 heavy (non-hydrogen) atoms. The summed E-state index contributed by atoms with van der Waals surface area (Å²) in [6, 6.07) is 7.61. The number of methoxy groups -OCH3 is 1. The van der Waals surface area contributed by atoms with Crippen LogP contribution in [0.15, 0.2) is 36.7 Å². The summed E-state index contributed by atoms with van der Waals surface area (Å²) in [5.74, 6) is -0.434. The van der Waals surface area contributed by atoms with Gasteiger partial charge < -0.3 is 15.8 Å². The molecule has 0 aliphatic carbocycles. The highest BCUT2D eigenvalue weighted by atomic mass is 16.5. The standard InChI is InChI=1S/C16H19N3O2/c1-10-8-13(9-14(15(10)17)16(20)21-3)19-11(2)12-4-6-18-7-5-12/h4-9,11,19H,17H2,1-3H3. The molecule has 1 aromatic carbocycles. The predicted octanol–water partition coefficient (Wildman–Crippen LogP) is 2.93. The maximum Gasteiger partial charge on any atom is 0.340 e. The van der Waals surface area contributed by atoms with Crippen molar-refractivity contribution >= 4 is 17.3 Å². The Morgan fingerprint density at radius 2 is 2.00 bits per heavy atom. The molecule has 2 aromatic rings. The number of benzene rings is 1. The Hall–Kier alpha value is -2.56. The summed E-state index contributed by atoms with van der Waals surface area (Å²) in [5.41, 5.74) is 9.53. The molecule has 2 rings (SSSR count). The molecule has 0 aliphatic heterocycles. The Bertz CT molecular complexity index is 641. The van der Waals surface area contributed by atoms with Crippen LogP contribution in [0.1, 0.15) is 34.5 Å². The molecule has 0 spiro atoms. The fraction of sp³-hybridized carbons (Fsp3) is 0.250. The number of carbonyl (C=O) groups excluding carboxylic acids is 1. The second-order valence-electron chi connectivity index (χ2n) is 4.89. The lowest BCUT2D eigenvalue weighted by Gasteiger charge is -2.17. The first kappa shape index (κ1) is 14.8. The van der Waals surface area contributed by atoms with Crippen molar-refractivity contribution in [1.29, 1.82) is 0 Å². The van der Waals surface area contributed by atoms with Crippen LogP contribution in [-0.4, -0.2) is 18.1 Å². The molecular formula is C16H19N3O2. The van der Waals surface area contributed by atoms with E-state index in [2.05, 4.69) is 10.3 Å². The van der Waals surface area contributed by atoms with Crippen LogP contribution in [0, 0.1) is 6.92 Å². The SMILES string of the molecule is COC(=O)c1cc(NC(C)c2ccncc2)cc(C)c1N. The smallest absolute Gasteiger partial charge is 0.340 e. The zero-order valence-electron chi connectivity index (χ0n) is 12.4. The zero-order chi connectivity index (χ0) is 15.4. The first-order valence-electron chi connectivity index (χ1n) is 6.67. The van der Waals surface area contributed by atoms with Gasteiger partial charge in [0, 0.05) is 29.8 Å². The van der Waals surface area contributed by atoms with E-state index in [0.29, 0.717) is 11.3 Å². The van der Waals surface area contributed by atoms with Crippen LogP contribution in [0.25, 0.3) is 0 Å². The Balaban J connectivity index is 2.28. The van der Waals surface area contributed by atoms with E-state index in [1.165, 1.54) is 7.11 Å². The van der Waals surface area contributed by atoms with Gasteiger partial charge in [0.15, 0.2) is 0 Å². The highest BCUT2D eigenvalue weighted by Gasteiger charge is 2.14. The number of ether oxygens (including phenoxy) is 1. The van der Waals surface area contributed by atoms with Crippen LogP contribution in [0.2, 0.25) is 0 Å². The summed E-state index contributed by atoms with van der Waals surface area (Å²) in [4.78, 5) is 15.8. The lowest BCUT2D eigenvalue weighted by Crippen LogP contribution is -2.11. The highest BCUT2D eigenvalue weighted by Crippen LogP contribution is 2.26. The van der Waals surface area contributed by atoms with Crippen LogP contribution in [0.4, 0.5) is 11.4 Å². The van der Waals surface area contributed by atoms with Crippen molar-refractivity contribution in [2.75, 3.05) is 18.2 Å². The maximum absolute atomic E-state index is 11.8. The van der Waals surface area contributed by atoms with Gasteiger partial charge in [-0.25, -0.2) is 4.79 Å². The summed E-state index contributed by atoms with van der Waals surface area (Å²) in [6.45, 7) is 3.91. The summed E-state index contributed by atoms with van der Waals surface area (Å²) in [6.07, 6.45) is 3.50. The van der Waals surface area contributed by atoms with Crippen molar-refractivity contribution in [3.8, 4) is 0 Å². The first-order chi connectivity index (χ1) is 10.0. The minimum absolute atomic E-state index is 0.0847. The second-order valence-corrected chi connectivity index (χ2v) is 4.89. The van der Waals surface area contributed by atoms with Gasteiger partial charge >= 0.3 is 5.97 Å². The number of nitrogens with one attached hydrogen (secondary N) is 1. The summed E-state index contributed by atoms with van der Waals surface area (Å²) in [7, 11) is 1.34. The van der Waals surface area contributed by atoms with E-state index in [1.807, 2.05) is 32.0 Å². The molecular weight excluding hydrogens is 266 g/mol. The van der Waals surface area contributed by atoms with E-state index in [-0.39, 0.29) is 6.04 Å². The average Bonchev–Trinajstić information content (AvgIpc) is 2.50. The van der Waals surface area contributed by atoms with Crippen LogP contribution in [0.5, 0.6) is 0 Å². The van der Waals surface area contributed by atoms with Crippen LogP contribution in [0.3, 0.4) is 0 Å². The number of anilines is 2. The Morgan fingerprint density at radius 1 is 1.33 bits per heavy atom. The van der Waals surface area contributed by atoms with Crippen molar-refractivity contribution in [2.45, 2.75) is 19.9 Å². The third-order valence-electron chi connectivity index (χ3n) is 3.38. The van der Waals surface area contributed by atoms with Crippen molar-refractivity contribution < 1.29 is 9.53 Å². The van der Waals surface area contributed by atoms with Crippen molar-refractivity contribution in [3.05, 3.63) is 53.3 Å². The van der Waals surface area contributed by atoms with E-state index < -0.39 is 5.97 Å². The monoisotopic (exact) mass is 285 g/mol. The molecule has 1 unspecified atom stereocenters. The number of rotatable bonds is 4. The van der Waals surface area contributed by atoms with Crippen molar-refractivity contribution in [2.24, 2.45) is 0 Å². The average molecular weight is 285 g/mol. The number of hydrogen-bond donors (Lipinski definition) is 2. The number of aryl methyl sites for hydroxylation is 1. The van der Waals surface area contributed by atoms with Gasteiger partial charge in [-0.2, -0.15) is 0 Å². The van der Waals surface area contributed by atoms with Crippen molar-refractivity contribution in [1.82, 2.24) is 4.98 Å². The predicted molar refractivity (Wildman–Crippen MR) is 83.2 cm³/mol. The van der Waals surface area contributed by atoms with E-state index in [1.54, 1.807) is 18.5 Å². The number of carbonyl (C=O) groups is 1. The molecule has 0 saturated heterocycles. The third kappa shape index (κ3) is 3.31. The van der Waals surface area contributed by atoms with Gasteiger partial charge in [-0.15, -0.1) is 0 Å². The first-order valence-corrected chi connectivity index (χ1v) is 6.67. The molecule has 0 radical (unpaired) electrons. The lowest BCUT2D eigenvalue weighted by atomic mass is 10.1. The molecule has 0 fully saturated rings. The molecule has 0 amide bonds.